The maximum atomic E-state index is 3.95. The molecule has 4 aliphatic rings. The predicted molar refractivity (Wildman–Crippen MR) is 86.7 cm³/mol. The molecule has 0 amide bonds. The molecule has 0 heterocycles. The predicted octanol–water partition coefficient (Wildman–Crippen LogP) is 4.86. The van der Waals surface area contributed by atoms with E-state index in [2.05, 4.69) is 39.9 Å². The van der Waals surface area contributed by atoms with Crippen LogP contribution in [-0.2, 0) is 0 Å². The molecule has 1 N–H and O–H groups in total. The third-order valence-corrected chi connectivity index (χ3v) is 7.21. The molecule has 0 aromatic rings. The Kier molecular flexibility index (Phi) is 3.72. The van der Waals surface area contributed by atoms with Crippen molar-refractivity contribution in [3.05, 3.63) is 0 Å². The molecule has 4 aliphatic carbocycles. The minimum atomic E-state index is 0.425. The van der Waals surface area contributed by atoms with Gasteiger partial charge in [-0.2, -0.15) is 0 Å². The number of hydrogen-bond acceptors (Lipinski definition) is 1. The lowest BCUT2D eigenvalue weighted by molar-refractivity contribution is -0.0712. The fourth-order valence-electron chi connectivity index (χ4n) is 5.58. The first kappa shape index (κ1) is 14.9. The first-order chi connectivity index (χ1) is 9.28. The second kappa shape index (κ2) is 5.00. The highest BCUT2D eigenvalue weighted by molar-refractivity contribution is 5.05. The summed E-state index contributed by atoms with van der Waals surface area (Å²) in [6.07, 6.45) is 9.25. The summed E-state index contributed by atoms with van der Waals surface area (Å²) in [4.78, 5) is 0. The highest BCUT2D eigenvalue weighted by atomic mass is 14.9. The second-order valence-corrected chi connectivity index (χ2v) is 9.68. The van der Waals surface area contributed by atoms with Crippen LogP contribution in [0.3, 0.4) is 0 Å². The summed E-state index contributed by atoms with van der Waals surface area (Å²) in [7, 11) is 0. The van der Waals surface area contributed by atoms with Crippen LogP contribution in [0.1, 0.15) is 73.1 Å². The van der Waals surface area contributed by atoms with Crippen LogP contribution in [0.15, 0.2) is 0 Å². The summed E-state index contributed by atoms with van der Waals surface area (Å²) in [5.74, 6) is 3.97. The van der Waals surface area contributed by atoms with Crippen LogP contribution in [0.5, 0.6) is 0 Å². The van der Waals surface area contributed by atoms with Crippen molar-refractivity contribution in [3.63, 3.8) is 0 Å². The SMILES string of the molecule is CC(CNC(C)C12CC3CC(CC(C3)C1)C2)C(C)(C)C. The fraction of sp³-hybridized carbons (Fsp3) is 1.00. The first-order valence-corrected chi connectivity index (χ1v) is 9.02. The van der Waals surface area contributed by atoms with E-state index in [1.807, 2.05) is 0 Å². The molecule has 0 aromatic heterocycles. The minimum Gasteiger partial charge on any atom is -0.313 e. The van der Waals surface area contributed by atoms with Gasteiger partial charge in [0.25, 0.3) is 0 Å². The van der Waals surface area contributed by atoms with Crippen LogP contribution >= 0.6 is 0 Å². The molecular weight excluding hydrogens is 242 g/mol. The van der Waals surface area contributed by atoms with Crippen molar-refractivity contribution in [2.45, 2.75) is 79.2 Å². The zero-order valence-corrected chi connectivity index (χ0v) is 14.3. The van der Waals surface area contributed by atoms with Gasteiger partial charge in [0.2, 0.25) is 0 Å². The molecule has 4 rings (SSSR count). The van der Waals surface area contributed by atoms with E-state index >= 15 is 0 Å². The molecule has 2 atom stereocenters. The first-order valence-electron chi connectivity index (χ1n) is 9.02. The van der Waals surface area contributed by atoms with Crippen LogP contribution in [-0.4, -0.2) is 12.6 Å². The number of nitrogens with one attached hydrogen (secondary N) is 1. The molecule has 116 valence electrons. The topological polar surface area (TPSA) is 12.0 Å². The quantitative estimate of drug-likeness (QED) is 0.773. The van der Waals surface area contributed by atoms with Crippen LogP contribution in [0.2, 0.25) is 0 Å². The van der Waals surface area contributed by atoms with Gasteiger partial charge in [-0.05, 0) is 86.5 Å². The smallest absolute Gasteiger partial charge is 0.00956 e. The molecule has 20 heavy (non-hydrogen) atoms. The Hall–Kier alpha value is -0.0400. The molecule has 4 fully saturated rings. The van der Waals surface area contributed by atoms with E-state index in [1.54, 1.807) is 19.3 Å². The van der Waals surface area contributed by atoms with Crippen molar-refractivity contribution in [2.75, 3.05) is 6.54 Å². The lowest BCUT2D eigenvalue weighted by Crippen LogP contribution is -2.55. The summed E-state index contributed by atoms with van der Waals surface area (Å²) < 4.78 is 0. The largest absolute Gasteiger partial charge is 0.313 e. The van der Waals surface area contributed by atoms with Crippen LogP contribution in [0.25, 0.3) is 0 Å². The summed E-state index contributed by atoms with van der Waals surface area (Å²) >= 11 is 0. The highest BCUT2D eigenvalue weighted by Gasteiger charge is 2.52. The van der Waals surface area contributed by atoms with Crippen molar-refractivity contribution in [1.29, 1.82) is 0 Å². The molecule has 0 aliphatic heterocycles. The average Bonchev–Trinajstić information content (AvgIpc) is 2.32. The van der Waals surface area contributed by atoms with E-state index in [0.717, 1.165) is 29.7 Å². The van der Waals surface area contributed by atoms with E-state index < -0.39 is 0 Å². The van der Waals surface area contributed by atoms with Crippen molar-refractivity contribution in [1.82, 2.24) is 5.32 Å². The van der Waals surface area contributed by atoms with E-state index in [9.17, 15) is 0 Å². The van der Waals surface area contributed by atoms with Gasteiger partial charge in [-0.15, -0.1) is 0 Å². The molecule has 0 spiro atoms. The Bertz CT molecular complexity index is 316. The van der Waals surface area contributed by atoms with Gasteiger partial charge in [0.1, 0.15) is 0 Å². The Balaban J connectivity index is 1.61. The van der Waals surface area contributed by atoms with Crippen molar-refractivity contribution < 1.29 is 0 Å². The van der Waals surface area contributed by atoms with Gasteiger partial charge in [0.15, 0.2) is 0 Å². The summed E-state index contributed by atoms with van der Waals surface area (Å²) in [6, 6.07) is 0.723. The Labute approximate surface area is 126 Å². The van der Waals surface area contributed by atoms with Crippen LogP contribution in [0.4, 0.5) is 0 Å². The summed E-state index contributed by atoms with van der Waals surface area (Å²) in [6.45, 7) is 13.2. The van der Waals surface area contributed by atoms with E-state index in [-0.39, 0.29) is 0 Å². The minimum absolute atomic E-state index is 0.425. The molecule has 0 radical (unpaired) electrons. The second-order valence-electron chi connectivity index (χ2n) is 9.68. The van der Waals surface area contributed by atoms with Gasteiger partial charge < -0.3 is 5.32 Å². The molecule has 0 saturated heterocycles. The monoisotopic (exact) mass is 277 g/mol. The molecule has 1 heteroatoms. The maximum Gasteiger partial charge on any atom is 0.00956 e. The van der Waals surface area contributed by atoms with Crippen LogP contribution < -0.4 is 5.32 Å². The van der Waals surface area contributed by atoms with E-state index in [0.29, 0.717) is 10.8 Å². The number of hydrogen-bond donors (Lipinski definition) is 1. The Morgan fingerprint density at radius 3 is 1.80 bits per heavy atom. The molecule has 0 aromatic carbocycles. The Morgan fingerprint density at radius 1 is 0.950 bits per heavy atom. The maximum absolute atomic E-state index is 3.95. The molecular formula is C19H35N. The van der Waals surface area contributed by atoms with Gasteiger partial charge in [0.05, 0.1) is 0 Å². The van der Waals surface area contributed by atoms with Gasteiger partial charge in [-0.25, -0.2) is 0 Å². The average molecular weight is 277 g/mol. The van der Waals surface area contributed by atoms with Gasteiger partial charge >= 0.3 is 0 Å². The zero-order chi connectivity index (χ0) is 14.5. The zero-order valence-electron chi connectivity index (χ0n) is 14.3. The van der Waals surface area contributed by atoms with Crippen LogP contribution in [0, 0.1) is 34.5 Å². The van der Waals surface area contributed by atoms with Gasteiger partial charge in [-0.3, -0.25) is 0 Å². The summed E-state index contributed by atoms with van der Waals surface area (Å²) in [5, 5.41) is 3.95. The van der Waals surface area contributed by atoms with Crippen molar-refractivity contribution >= 4 is 0 Å². The summed E-state index contributed by atoms with van der Waals surface area (Å²) in [5.41, 5.74) is 1.08. The molecule has 2 unspecified atom stereocenters. The third-order valence-electron chi connectivity index (χ3n) is 7.21. The highest BCUT2D eigenvalue weighted by Crippen LogP contribution is 2.61. The third kappa shape index (κ3) is 2.67. The lowest BCUT2D eigenvalue weighted by atomic mass is 9.48. The standard InChI is InChI=1S/C19H35N/c1-13(18(3,4)5)12-20-14(2)19-9-15-6-16(10-19)8-17(7-15)11-19/h13-17,20H,6-12H2,1-5H3. The normalized spacial score (nSPS) is 42.8. The molecule has 1 nitrogen and oxygen atoms in total. The van der Waals surface area contributed by atoms with E-state index in [1.165, 1.54) is 25.8 Å². The van der Waals surface area contributed by atoms with Gasteiger partial charge in [-0.1, -0.05) is 27.7 Å². The van der Waals surface area contributed by atoms with Crippen molar-refractivity contribution in [2.24, 2.45) is 34.5 Å². The fourth-order valence-corrected chi connectivity index (χ4v) is 5.58. The lowest BCUT2D eigenvalue weighted by Gasteiger charge is -2.59. The number of rotatable bonds is 4. The molecule has 4 bridgehead atoms. The molecule has 4 saturated carbocycles. The van der Waals surface area contributed by atoms with Crippen molar-refractivity contribution in [3.8, 4) is 0 Å². The van der Waals surface area contributed by atoms with Gasteiger partial charge in [0, 0.05) is 6.04 Å². The Morgan fingerprint density at radius 2 is 1.40 bits per heavy atom. The van der Waals surface area contributed by atoms with E-state index in [4.69, 9.17) is 0 Å².